The Kier molecular flexibility index (Phi) is 4.51. The van der Waals surface area contributed by atoms with Gasteiger partial charge in [-0.25, -0.2) is 0 Å². The van der Waals surface area contributed by atoms with Crippen LogP contribution in [0.2, 0.25) is 5.02 Å². The predicted molar refractivity (Wildman–Crippen MR) is 86.5 cm³/mol. The van der Waals surface area contributed by atoms with Gasteiger partial charge in [-0.15, -0.1) is 10.2 Å². The number of nitrogens with one attached hydrogen (secondary N) is 1. The summed E-state index contributed by atoms with van der Waals surface area (Å²) in [5, 5.41) is 12.2. The van der Waals surface area contributed by atoms with Gasteiger partial charge in [0.05, 0.1) is 6.54 Å². The quantitative estimate of drug-likeness (QED) is 0.774. The topological polar surface area (TPSA) is 51.0 Å². The van der Waals surface area contributed by atoms with Gasteiger partial charge in [0.2, 0.25) is 11.8 Å². The maximum atomic E-state index is 6.12. The largest absolute Gasteiger partial charge is 0.419 e. The third-order valence-corrected chi connectivity index (χ3v) is 3.76. The van der Waals surface area contributed by atoms with Gasteiger partial charge in [0.25, 0.3) is 0 Å². The second-order valence-corrected chi connectivity index (χ2v) is 5.42. The van der Waals surface area contributed by atoms with Crippen molar-refractivity contribution in [2.24, 2.45) is 0 Å². The van der Waals surface area contributed by atoms with Crippen molar-refractivity contribution in [3.8, 4) is 11.5 Å². The van der Waals surface area contributed by atoms with Crippen LogP contribution in [-0.4, -0.2) is 10.2 Å². The predicted octanol–water partition coefficient (Wildman–Crippen LogP) is 3.99. The van der Waals surface area contributed by atoms with Crippen LogP contribution in [0.5, 0.6) is 0 Å². The number of halogens is 1. The molecule has 5 heteroatoms. The van der Waals surface area contributed by atoms with Crippen LogP contribution in [0.25, 0.3) is 11.5 Å². The fourth-order valence-electron chi connectivity index (χ4n) is 2.19. The van der Waals surface area contributed by atoms with E-state index >= 15 is 0 Å². The molecule has 1 aromatic heterocycles. The molecule has 0 aliphatic carbocycles. The number of hydrogen-bond donors (Lipinski definition) is 1. The Morgan fingerprint density at radius 3 is 2.59 bits per heavy atom. The number of hydrogen-bond acceptors (Lipinski definition) is 4. The molecule has 2 aromatic carbocycles. The van der Waals surface area contributed by atoms with Crippen LogP contribution in [0.3, 0.4) is 0 Å². The second-order valence-electron chi connectivity index (χ2n) is 5.01. The minimum absolute atomic E-state index is 0.504. The lowest BCUT2D eigenvalue weighted by Crippen LogP contribution is -2.13. The molecule has 1 heterocycles. The van der Waals surface area contributed by atoms with Crippen LogP contribution in [0.15, 0.2) is 52.9 Å². The van der Waals surface area contributed by atoms with Gasteiger partial charge in [-0.2, -0.15) is 0 Å². The van der Waals surface area contributed by atoms with E-state index in [0.717, 1.165) is 21.7 Å². The van der Waals surface area contributed by atoms with E-state index < -0.39 is 0 Å². The summed E-state index contributed by atoms with van der Waals surface area (Å²) in [5.74, 6) is 1.11. The molecule has 0 radical (unpaired) electrons. The normalized spacial score (nSPS) is 10.8. The zero-order chi connectivity index (χ0) is 15.4. The van der Waals surface area contributed by atoms with Gasteiger partial charge >= 0.3 is 0 Å². The highest BCUT2D eigenvalue weighted by molar-refractivity contribution is 6.31. The SMILES string of the molecule is Cc1ccccc1-c1nnc(CNCc2ccccc2Cl)o1. The summed E-state index contributed by atoms with van der Waals surface area (Å²) in [7, 11) is 0. The molecular formula is C17H16ClN3O. The van der Waals surface area contributed by atoms with Crippen molar-refractivity contribution in [2.75, 3.05) is 0 Å². The summed E-state index contributed by atoms with van der Waals surface area (Å²) in [5.41, 5.74) is 3.12. The molecule has 112 valence electrons. The van der Waals surface area contributed by atoms with Gasteiger partial charge in [0.15, 0.2) is 0 Å². The molecule has 0 saturated heterocycles. The lowest BCUT2D eigenvalue weighted by Gasteiger charge is -2.04. The number of aromatic nitrogens is 2. The Morgan fingerprint density at radius 2 is 1.77 bits per heavy atom. The van der Waals surface area contributed by atoms with E-state index in [1.807, 2.05) is 55.5 Å². The average Bonchev–Trinajstić information content (AvgIpc) is 2.98. The van der Waals surface area contributed by atoms with E-state index in [0.29, 0.717) is 24.9 Å². The third kappa shape index (κ3) is 3.35. The van der Waals surface area contributed by atoms with Gasteiger partial charge in [-0.1, -0.05) is 48.0 Å². The first-order valence-electron chi connectivity index (χ1n) is 7.06. The smallest absolute Gasteiger partial charge is 0.248 e. The Hall–Kier alpha value is -2.17. The molecule has 3 aromatic rings. The van der Waals surface area contributed by atoms with E-state index in [2.05, 4.69) is 15.5 Å². The highest BCUT2D eigenvalue weighted by Crippen LogP contribution is 2.21. The first-order chi connectivity index (χ1) is 10.7. The van der Waals surface area contributed by atoms with Crippen LogP contribution in [-0.2, 0) is 13.1 Å². The molecule has 0 aliphatic heterocycles. The van der Waals surface area contributed by atoms with E-state index in [4.69, 9.17) is 16.0 Å². The summed E-state index contributed by atoms with van der Waals surface area (Å²) < 4.78 is 5.70. The number of benzene rings is 2. The summed E-state index contributed by atoms with van der Waals surface area (Å²) in [4.78, 5) is 0. The molecule has 0 atom stereocenters. The molecule has 0 unspecified atom stereocenters. The van der Waals surface area contributed by atoms with E-state index in [-0.39, 0.29) is 0 Å². The van der Waals surface area contributed by atoms with Crippen molar-refractivity contribution in [1.29, 1.82) is 0 Å². The van der Waals surface area contributed by atoms with Crippen molar-refractivity contribution in [3.05, 3.63) is 70.6 Å². The van der Waals surface area contributed by atoms with Crippen molar-refractivity contribution >= 4 is 11.6 Å². The average molecular weight is 314 g/mol. The van der Waals surface area contributed by atoms with Crippen molar-refractivity contribution in [3.63, 3.8) is 0 Å². The molecule has 1 N–H and O–H groups in total. The first kappa shape index (κ1) is 14.8. The molecule has 22 heavy (non-hydrogen) atoms. The monoisotopic (exact) mass is 313 g/mol. The molecule has 0 bridgehead atoms. The minimum Gasteiger partial charge on any atom is -0.419 e. The van der Waals surface area contributed by atoms with Crippen molar-refractivity contribution in [2.45, 2.75) is 20.0 Å². The number of rotatable bonds is 5. The molecule has 4 nitrogen and oxygen atoms in total. The minimum atomic E-state index is 0.504. The zero-order valence-electron chi connectivity index (χ0n) is 12.2. The maximum Gasteiger partial charge on any atom is 0.248 e. The van der Waals surface area contributed by atoms with Crippen LogP contribution in [0, 0.1) is 6.92 Å². The van der Waals surface area contributed by atoms with Crippen LogP contribution in [0.4, 0.5) is 0 Å². The molecular weight excluding hydrogens is 298 g/mol. The molecule has 0 spiro atoms. The summed E-state index contributed by atoms with van der Waals surface area (Å²) in [6.07, 6.45) is 0. The second kappa shape index (κ2) is 6.73. The Labute approximate surface area is 134 Å². The third-order valence-electron chi connectivity index (χ3n) is 3.39. The molecule has 0 aliphatic rings. The summed E-state index contributed by atoms with van der Waals surface area (Å²) in [6.45, 7) is 3.18. The van der Waals surface area contributed by atoms with E-state index in [1.165, 1.54) is 0 Å². The first-order valence-corrected chi connectivity index (χ1v) is 7.44. The zero-order valence-corrected chi connectivity index (χ0v) is 13.0. The lowest BCUT2D eigenvalue weighted by atomic mass is 10.1. The molecule has 0 amide bonds. The van der Waals surface area contributed by atoms with Crippen LogP contribution >= 0.6 is 11.6 Å². The van der Waals surface area contributed by atoms with Gasteiger partial charge < -0.3 is 9.73 Å². The van der Waals surface area contributed by atoms with Gasteiger partial charge in [-0.05, 0) is 30.2 Å². The maximum absolute atomic E-state index is 6.12. The Balaban J connectivity index is 1.63. The molecule has 0 fully saturated rings. The highest BCUT2D eigenvalue weighted by atomic mass is 35.5. The lowest BCUT2D eigenvalue weighted by molar-refractivity contribution is 0.477. The van der Waals surface area contributed by atoms with Gasteiger partial charge in [0.1, 0.15) is 0 Å². The van der Waals surface area contributed by atoms with Crippen molar-refractivity contribution in [1.82, 2.24) is 15.5 Å². The Bertz CT molecular complexity index is 770. The number of nitrogens with zero attached hydrogens (tertiary/aromatic N) is 2. The van der Waals surface area contributed by atoms with Gasteiger partial charge in [0, 0.05) is 17.1 Å². The van der Waals surface area contributed by atoms with E-state index in [9.17, 15) is 0 Å². The van der Waals surface area contributed by atoms with Crippen molar-refractivity contribution < 1.29 is 4.42 Å². The standard InChI is InChI=1S/C17H16ClN3O/c1-12-6-2-4-8-14(12)17-21-20-16(22-17)11-19-10-13-7-3-5-9-15(13)18/h2-9,19H,10-11H2,1H3. The highest BCUT2D eigenvalue weighted by Gasteiger charge is 2.10. The fraction of sp³-hybridized carbons (Fsp3) is 0.176. The molecule has 0 saturated carbocycles. The fourth-order valence-corrected chi connectivity index (χ4v) is 2.40. The number of aryl methyl sites for hydroxylation is 1. The van der Waals surface area contributed by atoms with E-state index in [1.54, 1.807) is 0 Å². The van der Waals surface area contributed by atoms with Crippen LogP contribution in [0.1, 0.15) is 17.0 Å². The summed E-state index contributed by atoms with van der Waals surface area (Å²) >= 11 is 6.12. The summed E-state index contributed by atoms with van der Waals surface area (Å²) in [6, 6.07) is 15.7. The van der Waals surface area contributed by atoms with Crippen LogP contribution < -0.4 is 5.32 Å². The van der Waals surface area contributed by atoms with Gasteiger partial charge in [-0.3, -0.25) is 0 Å². The molecule has 3 rings (SSSR count). The Morgan fingerprint density at radius 1 is 1.00 bits per heavy atom.